The van der Waals surface area contributed by atoms with Crippen molar-refractivity contribution in [2.75, 3.05) is 6.54 Å². The van der Waals surface area contributed by atoms with Gasteiger partial charge >= 0.3 is 5.97 Å². The number of hydrogen-bond donors (Lipinski definition) is 1. The number of fused-ring (bicyclic) bond motifs is 3. The van der Waals surface area contributed by atoms with Gasteiger partial charge < -0.3 is 10.0 Å². The minimum Gasteiger partial charge on any atom is -0.481 e. The third-order valence-corrected chi connectivity index (χ3v) is 12.1. The smallest absolute Gasteiger partial charge is 0.306 e. The molecule has 0 spiro atoms. The van der Waals surface area contributed by atoms with E-state index in [-0.39, 0.29) is 23.1 Å². The molecule has 1 amide bonds. The molecule has 214 valence electrons. The number of hydrogen-bond acceptors (Lipinski definition) is 4. The fourth-order valence-electron chi connectivity index (χ4n) is 7.43. The van der Waals surface area contributed by atoms with Crippen LogP contribution in [0.15, 0.2) is 77.7 Å². The first-order valence-corrected chi connectivity index (χ1v) is 15.9. The molecular formula is C33H34FNO5S. The maximum absolute atomic E-state index is 14.6. The lowest BCUT2D eigenvalue weighted by atomic mass is 9.77. The van der Waals surface area contributed by atoms with Crippen molar-refractivity contribution in [1.82, 2.24) is 4.90 Å². The Kier molecular flexibility index (Phi) is 7.22. The van der Waals surface area contributed by atoms with Crippen LogP contribution in [-0.2, 0) is 37.0 Å². The number of aliphatic carboxylic acids is 1. The molecule has 1 heterocycles. The Bertz CT molecular complexity index is 1560. The Labute approximate surface area is 240 Å². The van der Waals surface area contributed by atoms with E-state index in [0.29, 0.717) is 45.1 Å². The lowest BCUT2D eigenvalue weighted by molar-refractivity contribution is -0.146. The topological polar surface area (TPSA) is 91.8 Å². The minimum atomic E-state index is -4.02. The molecule has 3 aliphatic rings. The first-order valence-electron chi connectivity index (χ1n) is 14.4. The molecule has 3 aromatic rings. The zero-order chi connectivity index (χ0) is 28.8. The first-order chi connectivity index (χ1) is 19.7. The molecule has 8 heteroatoms. The van der Waals surface area contributed by atoms with Gasteiger partial charge in [-0.1, -0.05) is 48.5 Å². The summed E-state index contributed by atoms with van der Waals surface area (Å²) < 4.78 is 41.6. The van der Waals surface area contributed by atoms with Crippen LogP contribution in [0, 0.1) is 17.7 Å². The predicted molar refractivity (Wildman–Crippen MR) is 152 cm³/mol. The monoisotopic (exact) mass is 575 g/mol. The number of carbonyl (C=O) groups excluding carboxylic acids is 1. The van der Waals surface area contributed by atoms with E-state index in [9.17, 15) is 27.5 Å². The number of aryl methyl sites for hydroxylation is 1. The van der Waals surface area contributed by atoms with Crippen LogP contribution in [0.3, 0.4) is 0 Å². The van der Waals surface area contributed by atoms with Crippen molar-refractivity contribution in [1.29, 1.82) is 0 Å². The molecule has 1 saturated heterocycles. The maximum Gasteiger partial charge on any atom is 0.306 e. The van der Waals surface area contributed by atoms with Gasteiger partial charge in [-0.05, 0) is 97.9 Å². The highest BCUT2D eigenvalue weighted by atomic mass is 32.2. The quantitative estimate of drug-likeness (QED) is 0.391. The number of sulfone groups is 1. The highest BCUT2D eigenvalue weighted by Crippen LogP contribution is 2.53. The second-order valence-electron chi connectivity index (χ2n) is 11.7. The van der Waals surface area contributed by atoms with Gasteiger partial charge in [-0.3, -0.25) is 9.59 Å². The predicted octanol–water partition coefficient (Wildman–Crippen LogP) is 5.52. The third-order valence-electron chi connectivity index (χ3n) is 9.51. The highest BCUT2D eigenvalue weighted by molar-refractivity contribution is 7.92. The number of carbonyl (C=O) groups is 2. The SMILES string of the molecule is O=C(O)C1CCC(C(=O)N2CC[C@@]3(S(=O)(=O)c4ccc(F)cc4)c4ccc(Cc5ccccc5)cc4CC[C@@H]23)CC1. The number of halogens is 1. The second-order valence-corrected chi connectivity index (χ2v) is 13.9. The van der Waals surface area contributed by atoms with Gasteiger partial charge in [0, 0.05) is 12.5 Å². The van der Waals surface area contributed by atoms with Crippen molar-refractivity contribution < 1.29 is 27.5 Å². The molecule has 2 atom stereocenters. The van der Waals surface area contributed by atoms with E-state index in [2.05, 4.69) is 18.2 Å². The van der Waals surface area contributed by atoms with Crippen LogP contribution in [0.2, 0.25) is 0 Å². The van der Waals surface area contributed by atoms with Crippen molar-refractivity contribution in [3.05, 3.63) is 101 Å². The Hall–Kier alpha value is -3.52. The largest absolute Gasteiger partial charge is 0.481 e. The summed E-state index contributed by atoms with van der Waals surface area (Å²) in [7, 11) is -4.02. The van der Waals surface area contributed by atoms with Crippen LogP contribution in [0.5, 0.6) is 0 Å². The summed E-state index contributed by atoms with van der Waals surface area (Å²) in [4.78, 5) is 27.2. The molecule has 1 saturated carbocycles. The van der Waals surface area contributed by atoms with Gasteiger partial charge in [0.25, 0.3) is 0 Å². The maximum atomic E-state index is 14.6. The average Bonchev–Trinajstić information content (AvgIpc) is 3.39. The zero-order valence-corrected chi connectivity index (χ0v) is 23.7. The van der Waals surface area contributed by atoms with Crippen molar-refractivity contribution in [3.63, 3.8) is 0 Å². The number of benzene rings is 3. The van der Waals surface area contributed by atoms with Crippen LogP contribution in [-0.4, -0.2) is 42.9 Å². The number of likely N-dealkylation sites (tertiary alicyclic amines) is 1. The minimum absolute atomic E-state index is 0.0568. The van der Waals surface area contributed by atoms with Gasteiger partial charge in [-0.15, -0.1) is 0 Å². The van der Waals surface area contributed by atoms with Crippen LogP contribution >= 0.6 is 0 Å². The van der Waals surface area contributed by atoms with E-state index in [4.69, 9.17) is 0 Å². The fourth-order valence-corrected chi connectivity index (χ4v) is 9.80. The molecular weight excluding hydrogens is 541 g/mol. The molecule has 2 aliphatic carbocycles. The van der Waals surface area contributed by atoms with E-state index >= 15 is 0 Å². The molecule has 1 N–H and O–H groups in total. The van der Waals surface area contributed by atoms with Gasteiger partial charge in [0.05, 0.1) is 16.9 Å². The fraction of sp³-hybridized carbons (Fsp3) is 0.394. The Morgan fingerprint density at radius 2 is 1.56 bits per heavy atom. The van der Waals surface area contributed by atoms with E-state index in [1.54, 1.807) is 4.90 Å². The molecule has 6 nitrogen and oxygen atoms in total. The van der Waals surface area contributed by atoms with Crippen LogP contribution < -0.4 is 0 Å². The van der Waals surface area contributed by atoms with Gasteiger partial charge in [-0.25, -0.2) is 12.8 Å². The summed E-state index contributed by atoms with van der Waals surface area (Å²) in [5, 5.41) is 9.39. The van der Waals surface area contributed by atoms with Crippen molar-refractivity contribution in [2.24, 2.45) is 11.8 Å². The second kappa shape index (κ2) is 10.7. The first kappa shape index (κ1) is 27.6. The molecule has 2 fully saturated rings. The summed E-state index contributed by atoms with van der Waals surface area (Å²) in [6, 6.07) is 20.6. The van der Waals surface area contributed by atoms with Crippen molar-refractivity contribution in [3.8, 4) is 0 Å². The molecule has 1 aliphatic heterocycles. The summed E-state index contributed by atoms with van der Waals surface area (Å²) in [5.74, 6) is -2.13. The van der Waals surface area contributed by atoms with E-state index < -0.39 is 38.3 Å². The van der Waals surface area contributed by atoms with Crippen molar-refractivity contribution in [2.45, 2.75) is 67.1 Å². The van der Waals surface area contributed by atoms with Crippen LogP contribution in [0.25, 0.3) is 0 Å². The van der Waals surface area contributed by atoms with Crippen LogP contribution in [0.1, 0.15) is 60.8 Å². The van der Waals surface area contributed by atoms with Gasteiger partial charge in [0.15, 0.2) is 9.84 Å². The number of rotatable bonds is 6. The summed E-state index contributed by atoms with van der Waals surface area (Å²) in [5.41, 5.74) is 3.99. The molecule has 3 aromatic carbocycles. The number of nitrogens with zero attached hydrogens (tertiary/aromatic N) is 1. The molecule has 0 bridgehead atoms. The van der Waals surface area contributed by atoms with E-state index in [0.717, 1.165) is 23.1 Å². The lowest BCUT2D eigenvalue weighted by Crippen LogP contribution is -2.53. The molecule has 41 heavy (non-hydrogen) atoms. The number of amides is 1. The summed E-state index contributed by atoms with van der Waals surface area (Å²) in [6.45, 7) is 0.313. The summed E-state index contributed by atoms with van der Waals surface area (Å²) >= 11 is 0. The Balaban J connectivity index is 1.38. The highest BCUT2D eigenvalue weighted by Gasteiger charge is 2.61. The van der Waals surface area contributed by atoms with Gasteiger partial charge in [0.1, 0.15) is 10.6 Å². The van der Waals surface area contributed by atoms with Crippen LogP contribution in [0.4, 0.5) is 4.39 Å². The summed E-state index contributed by atoms with van der Waals surface area (Å²) in [6.07, 6.45) is 4.06. The van der Waals surface area contributed by atoms with Gasteiger partial charge in [0.2, 0.25) is 5.91 Å². The normalized spacial score (nSPS) is 25.8. The zero-order valence-electron chi connectivity index (χ0n) is 22.8. The molecule has 0 radical (unpaired) electrons. The Morgan fingerprint density at radius 3 is 2.24 bits per heavy atom. The van der Waals surface area contributed by atoms with Crippen molar-refractivity contribution >= 4 is 21.7 Å². The van der Waals surface area contributed by atoms with E-state index in [1.807, 2.05) is 30.3 Å². The molecule has 0 aromatic heterocycles. The number of carboxylic acid groups (broad SMARTS) is 1. The molecule has 0 unspecified atom stereocenters. The lowest BCUT2D eigenvalue weighted by Gasteiger charge is -2.43. The third kappa shape index (κ3) is 4.76. The number of carboxylic acids is 1. The van der Waals surface area contributed by atoms with E-state index in [1.165, 1.54) is 29.8 Å². The standard InChI is InChI=1S/C33H34FNO5S/c34-27-12-14-28(15-13-27)41(39,40)33-18-19-35(31(36)24-7-9-25(10-8-24)32(37)38)30(33)17-11-26-21-23(6-16-29(26)33)20-22-4-2-1-3-5-22/h1-6,12-16,21,24-25,30H,7-11,17-20H2,(H,37,38)/t24?,25?,30-,33-/m1/s1. The average molecular weight is 576 g/mol. The Morgan fingerprint density at radius 1 is 0.878 bits per heavy atom. The molecule has 6 rings (SSSR count). The van der Waals surface area contributed by atoms with Gasteiger partial charge in [-0.2, -0.15) is 0 Å².